The second kappa shape index (κ2) is 12.5. The Hall–Kier alpha value is -1.35. The largest absolute Gasteiger partial charge is 0.369 e. The zero-order valence-corrected chi connectivity index (χ0v) is 27.6. The van der Waals surface area contributed by atoms with E-state index in [0.717, 1.165) is 43.3 Å². The van der Waals surface area contributed by atoms with Crippen molar-refractivity contribution in [3.05, 3.63) is 36.6 Å². The van der Waals surface area contributed by atoms with Gasteiger partial charge in [0, 0.05) is 35.5 Å². The van der Waals surface area contributed by atoms with Crippen LogP contribution >= 0.6 is 0 Å². The van der Waals surface area contributed by atoms with Crippen LogP contribution in [0.3, 0.4) is 0 Å². The van der Waals surface area contributed by atoms with E-state index in [4.69, 9.17) is 4.99 Å². The molecule has 1 saturated heterocycles. The summed E-state index contributed by atoms with van der Waals surface area (Å²) < 4.78 is 0. The van der Waals surface area contributed by atoms with Crippen molar-refractivity contribution in [2.75, 3.05) is 19.6 Å². The molecule has 4 rings (SSSR count). The molecule has 0 amide bonds. The second-order valence-electron chi connectivity index (χ2n) is 15.8. The predicted octanol–water partition coefficient (Wildman–Crippen LogP) is 9.22. The van der Waals surface area contributed by atoms with Crippen molar-refractivity contribution in [2.45, 2.75) is 131 Å². The zero-order valence-electron chi connectivity index (χ0n) is 27.6. The Bertz CT molecular complexity index is 968. The van der Waals surface area contributed by atoms with Crippen molar-refractivity contribution in [1.82, 2.24) is 10.2 Å². The van der Waals surface area contributed by atoms with Gasteiger partial charge in [0.1, 0.15) is 0 Å². The number of fused-ring (bicyclic) bond motifs is 3. The summed E-state index contributed by atoms with van der Waals surface area (Å²) in [4.78, 5) is 7.84. The highest BCUT2D eigenvalue weighted by molar-refractivity contribution is 5.85. The van der Waals surface area contributed by atoms with Gasteiger partial charge in [-0.25, -0.2) is 0 Å². The Morgan fingerprint density at radius 3 is 2.52 bits per heavy atom. The molecule has 3 heteroatoms. The molecule has 226 valence electrons. The Balaban J connectivity index is 1.44. The summed E-state index contributed by atoms with van der Waals surface area (Å²) in [7, 11) is 0. The minimum Gasteiger partial charge on any atom is -0.369 e. The number of allylic oxidation sites excluding steroid dienone is 3. The van der Waals surface area contributed by atoms with Crippen LogP contribution in [-0.2, 0) is 0 Å². The van der Waals surface area contributed by atoms with E-state index in [2.05, 4.69) is 84.8 Å². The van der Waals surface area contributed by atoms with E-state index in [1.807, 2.05) is 6.08 Å². The summed E-state index contributed by atoms with van der Waals surface area (Å²) in [6.07, 6.45) is 17.6. The fraction of sp³-hybridized carbons (Fsp3) is 0.811. The predicted molar refractivity (Wildman–Crippen MR) is 175 cm³/mol. The molecule has 4 fully saturated rings. The Labute approximate surface area is 248 Å². The molecule has 8 atom stereocenters. The molecular formula is C37H63N3. The van der Waals surface area contributed by atoms with Gasteiger partial charge >= 0.3 is 0 Å². The summed E-state index contributed by atoms with van der Waals surface area (Å²) in [5.74, 6) is 3.97. The normalized spacial score (nSPS) is 39.2. The lowest BCUT2D eigenvalue weighted by Crippen LogP contribution is -2.50. The van der Waals surface area contributed by atoms with E-state index in [1.54, 1.807) is 5.57 Å². The summed E-state index contributed by atoms with van der Waals surface area (Å²) in [6.45, 7) is 30.9. The standard InChI is InChI=1S/C37H63N3/c1-11-13-29-14-15-31-33-17-16-32(37(33,10)21-18-34(31)36(29,9)20-12-2)28(5)38-25-27(4)40(35(6,7)8)22-19-30-23-26(3)24-39-30/h11,13,26,30-34,39H,1,4,12,14-25H2,2-3,5-10H3/b29-13-,38-28?. The minimum atomic E-state index is 0.0680. The van der Waals surface area contributed by atoms with Gasteiger partial charge in [-0.15, -0.1) is 0 Å². The summed E-state index contributed by atoms with van der Waals surface area (Å²) in [5.41, 5.74) is 5.08. The highest BCUT2D eigenvalue weighted by atomic mass is 15.2. The number of hydrogen-bond donors (Lipinski definition) is 1. The Morgan fingerprint density at radius 1 is 1.15 bits per heavy atom. The summed E-state index contributed by atoms with van der Waals surface area (Å²) in [5, 5.41) is 3.72. The lowest BCUT2D eigenvalue weighted by molar-refractivity contribution is -0.0408. The molecule has 40 heavy (non-hydrogen) atoms. The van der Waals surface area contributed by atoms with Crippen LogP contribution in [0.5, 0.6) is 0 Å². The monoisotopic (exact) mass is 550 g/mol. The average molecular weight is 550 g/mol. The van der Waals surface area contributed by atoms with Gasteiger partial charge in [0.15, 0.2) is 0 Å². The van der Waals surface area contributed by atoms with Gasteiger partial charge in [-0.3, -0.25) is 4.99 Å². The fourth-order valence-corrected chi connectivity index (χ4v) is 10.2. The molecule has 0 spiro atoms. The molecule has 0 bridgehead atoms. The van der Waals surface area contributed by atoms with Crippen LogP contribution in [0.25, 0.3) is 0 Å². The quantitative estimate of drug-likeness (QED) is 0.275. The molecule has 1 heterocycles. The highest BCUT2D eigenvalue weighted by Gasteiger charge is 2.58. The van der Waals surface area contributed by atoms with Crippen molar-refractivity contribution in [2.24, 2.45) is 45.4 Å². The third-order valence-electron chi connectivity index (χ3n) is 12.2. The van der Waals surface area contributed by atoms with E-state index in [-0.39, 0.29) is 5.54 Å². The maximum Gasteiger partial charge on any atom is 0.0781 e. The molecule has 3 saturated carbocycles. The first-order valence-electron chi connectivity index (χ1n) is 16.9. The Kier molecular flexibility index (Phi) is 9.86. The van der Waals surface area contributed by atoms with Gasteiger partial charge in [-0.05, 0) is 127 Å². The van der Waals surface area contributed by atoms with Crippen LogP contribution in [0, 0.1) is 40.4 Å². The van der Waals surface area contributed by atoms with E-state index in [1.165, 1.54) is 75.6 Å². The molecule has 1 N–H and O–H groups in total. The minimum absolute atomic E-state index is 0.0680. The third-order valence-corrected chi connectivity index (χ3v) is 12.2. The van der Waals surface area contributed by atoms with Gasteiger partial charge in [-0.2, -0.15) is 0 Å². The van der Waals surface area contributed by atoms with Crippen LogP contribution in [-0.4, -0.2) is 41.8 Å². The number of aliphatic imine (C=N–C) groups is 1. The molecule has 0 aromatic carbocycles. The molecule has 0 aromatic rings. The van der Waals surface area contributed by atoms with Crippen LogP contribution in [0.2, 0.25) is 0 Å². The lowest BCUT2D eigenvalue weighted by Gasteiger charge is -2.57. The van der Waals surface area contributed by atoms with Crippen LogP contribution in [0.15, 0.2) is 41.6 Å². The lowest BCUT2D eigenvalue weighted by atomic mass is 9.47. The van der Waals surface area contributed by atoms with Crippen molar-refractivity contribution in [3.63, 3.8) is 0 Å². The fourth-order valence-electron chi connectivity index (χ4n) is 10.2. The number of nitrogens with zero attached hydrogens (tertiary/aromatic N) is 2. The van der Waals surface area contributed by atoms with Crippen molar-refractivity contribution >= 4 is 5.71 Å². The second-order valence-corrected chi connectivity index (χ2v) is 15.8. The molecule has 1 aliphatic heterocycles. The average Bonchev–Trinajstić information content (AvgIpc) is 3.46. The van der Waals surface area contributed by atoms with Gasteiger partial charge in [0.25, 0.3) is 0 Å². The van der Waals surface area contributed by atoms with Gasteiger partial charge in [-0.1, -0.05) is 65.0 Å². The van der Waals surface area contributed by atoms with Crippen molar-refractivity contribution in [3.8, 4) is 0 Å². The third kappa shape index (κ3) is 6.20. The molecule has 3 aliphatic carbocycles. The van der Waals surface area contributed by atoms with Crippen LogP contribution < -0.4 is 5.32 Å². The zero-order chi connectivity index (χ0) is 29.3. The molecule has 0 radical (unpaired) electrons. The highest BCUT2D eigenvalue weighted by Crippen LogP contribution is 2.66. The maximum atomic E-state index is 5.31. The van der Waals surface area contributed by atoms with Gasteiger partial charge in [0.2, 0.25) is 0 Å². The first-order chi connectivity index (χ1) is 18.8. The first-order valence-corrected chi connectivity index (χ1v) is 16.9. The Morgan fingerprint density at radius 2 is 1.90 bits per heavy atom. The summed E-state index contributed by atoms with van der Waals surface area (Å²) in [6, 6.07) is 0.644. The van der Waals surface area contributed by atoms with Gasteiger partial charge in [0.05, 0.1) is 6.54 Å². The van der Waals surface area contributed by atoms with Crippen LogP contribution in [0.4, 0.5) is 0 Å². The topological polar surface area (TPSA) is 27.6 Å². The van der Waals surface area contributed by atoms with E-state index >= 15 is 0 Å². The smallest absolute Gasteiger partial charge is 0.0781 e. The molecular weight excluding hydrogens is 486 g/mol. The number of rotatable bonds is 10. The van der Waals surface area contributed by atoms with Crippen LogP contribution in [0.1, 0.15) is 120 Å². The number of hydrogen-bond acceptors (Lipinski definition) is 3. The number of nitrogens with one attached hydrogen (secondary N) is 1. The van der Waals surface area contributed by atoms with Crippen molar-refractivity contribution in [1.29, 1.82) is 0 Å². The molecule has 3 nitrogen and oxygen atoms in total. The molecule has 4 aliphatic rings. The van der Waals surface area contributed by atoms with Gasteiger partial charge < -0.3 is 10.2 Å². The first kappa shape index (κ1) is 31.6. The molecule has 0 aromatic heterocycles. The van der Waals surface area contributed by atoms with E-state index in [0.29, 0.717) is 22.8 Å². The maximum absolute atomic E-state index is 5.31. The van der Waals surface area contributed by atoms with E-state index < -0.39 is 0 Å². The SMILES string of the molecule is C=C/C=C1/CCC2C(CCC3(C)C(C(C)=NCC(=C)N(CCC4CC(C)CN4)C(C)(C)C)CCC23)C1(C)CCC. The summed E-state index contributed by atoms with van der Waals surface area (Å²) >= 11 is 0. The van der Waals surface area contributed by atoms with Crippen molar-refractivity contribution < 1.29 is 0 Å². The molecule has 8 unspecified atom stereocenters. The van der Waals surface area contributed by atoms with E-state index in [9.17, 15) is 0 Å².